The predicted octanol–water partition coefficient (Wildman–Crippen LogP) is 1.38. The number of aliphatic hydroxyl groups is 1. The van der Waals surface area contributed by atoms with Gasteiger partial charge in [0.1, 0.15) is 6.61 Å². The smallest absolute Gasteiger partial charge is 0.308 e. The number of hydrogen-bond acceptors (Lipinski definition) is 5. The van der Waals surface area contributed by atoms with Gasteiger partial charge in [-0.1, -0.05) is 0 Å². The lowest BCUT2D eigenvalue weighted by molar-refractivity contribution is -0.132. The first kappa shape index (κ1) is 14.2. The van der Waals surface area contributed by atoms with Crippen LogP contribution in [0.5, 0.6) is 11.5 Å². The fraction of sp³-hybridized carbons (Fsp3) is 0.385. The van der Waals surface area contributed by atoms with Crippen molar-refractivity contribution in [3.05, 3.63) is 23.3 Å². The molecule has 0 fully saturated rings. The van der Waals surface area contributed by atoms with Gasteiger partial charge in [-0.15, -0.1) is 0 Å². The van der Waals surface area contributed by atoms with Gasteiger partial charge in [-0.05, 0) is 31.5 Å². The first-order chi connectivity index (χ1) is 8.43. The maximum atomic E-state index is 11.0. The Labute approximate surface area is 105 Å². The van der Waals surface area contributed by atoms with E-state index in [0.29, 0.717) is 5.56 Å². The predicted molar refractivity (Wildman–Crippen MR) is 64.6 cm³/mol. The molecule has 0 atom stereocenters. The molecule has 0 aliphatic heterocycles. The molecule has 1 rings (SSSR count). The highest BCUT2D eigenvalue weighted by Gasteiger charge is 2.14. The lowest BCUT2D eigenvalue weighted by atomic mass is 10.1. The van der Waals surface area contributed by atoms with E-state index in [1.165, 1.54) is 13.8 Å². The zero-order valence-electron chi connectivity index (χ0n) is 10.6. The van der Waals surface area contributed by atoms with Crippen LogP contribution in [0.25, 0.3) is 0 Å². The Hall–Kier alpha value is -1.88. The number of carbonyl (C=O) groups is 2. The van der Waals surface area contributed by atoms with Crippen LogP contribution in [0, 0.1) is 6.92 Å². The average Bonchev–Trinajstić information content (AvgIpc) is 2.28. The summed E-state index contributed by atoms with van der Waals surface area (Å²) in [6.45, 7) is 4.09. The molecule has 5 heteroatoms. The third kappa shape index (κ3) is 3.85. The molecule has 98 valence electrons. The zero-order valence-corrected chi connectivity index (χ0v) is 10.6. The van der Waals surface area contributed by atoms with Gasteiger partial charge < -0.3 is 14.6 Å². The van der Waals surface area contributed by atoms with Gasteiger partial charge in [0.2, 0.25) is 0 Å². The van der Waals surface area contributed by atoms with Crippen LogP contribution in [0.3, 0.4) is 0 Å². The normalized spacial score (nSPS) is 10.0. The summed E-state index contributed by atoms with van der Waals surface area (Å²) < 4.78 is 10.3. The van der Waals surface area contributed by atoms with E-state index in [1.54, 1.807) is 12.1 Å². The monoisotopic (exact) mass is 252 g/mol. The number of aliphatic hydroxyl groups excluding tert-OH is 1. The van der Waals surface area contributed by atoms with Gasteiger partial charge in [-0.3, -0.25) is 9.59 Å². The van der Waals surface area contributed by atoms with Crippen LogP contribution < -0.4 is 9.47 Å². The standard InChI is InChI=1S/C13H16O5/c1-8-4-11(6-14)13(18-10(3)16)12(5-8)17-7-9(2)15/h4-5,14H,6-7H2,1-3H3. The van der Waals surface area contributed by atoms with Crippen LogP contribution in [-0.4, -0.2) is 23.5 Å². The maximum Gasteiger partial charge on any atom is 0.308 e. The molecule has 0 saturated carbocycles. The van der Waals surface area contributed by atoms with Crippen LogP contribution in [-0.2, 0) is 16.2 Å². The Morgan fingerprint density at radius 3 is 2.44 bits per heavy atom. The molecule has 0 bridgehead atoms. The molecule has 0 saturated heterocycles. The van der Waals surface area contributed by atoms with E-state index < -0.39 is 5.97 Å². The minimum absolute atomic E-state index is 0.109. The van der Waals surface area contributed by atoms with Crippen molar-refractivity contribution in [1.29, 1.82) is 0 Å². The van der Waals surface area contributed by atoms with Crippen LogP contribution >= 0.6 is 0 Å². The van der Waals surface area contributed by atoms with Gasteiger partial charge in [-0.25, -0.2) is 0 Å². The number of ketones is 1. The molecular weight excluding hydrogens is 236 g/mol. The van der Waals surface area contributed by atoms with Crippen molar-refractivity contribution in [2.75, 3.05) is 6.61 Å². The molecule has 0 radical (unpaired) electrons. The summed E-state index contributed by atoms with van der Waals surface area (Å²) in [4.78, 5) is 21.9. The van der Waals surface area contributed by atoms with E-state index in [2.05, 4.69) is 0 Å². The van der Waals surface area contributed by atoms with Crippen molar-refractivity contribution in [3.63, 3.8) is 0 Å². The summed E-state index contributed by atoms with van der Waals surface area (Å²) >= 11 is 0. The molecule has 5 nitrogen and oxygen atoms in total. The lowest BCUT2D eigenvalue weighted by Crippen LogP contribution is -2.11. The molecule has 0 heterocycles. The minimum Gasteiger partial charge on any atom is -0.482 e. The third-order valence-electron chi connectivity index (χ3n) is 2.12. The molecule has 0 aromatic heterocycles. The van der Waals surface area contributed by atoms with Gasteiger partial charge in [0.25, 0.3) is 0 Å². The number of esters is 1. The fourth-order valence-corrected chi connectivity index (χ4v) is 1.48. The Morgan fingerprint density at radius 1 is 1.28 bits per heavy atom. The van der Waals surface area contributed by atoms with Crippen molar-refractivity contribution in [2.45, 2.75) is 27.4 Å². The second-order valence-corrected chi connectivity index (χ2v) is 3.99. The quantitative estimate of drug-likeness (QED) is 0.633. The molecule has 1 aromatic rings. The van der Waals surface area contributed by atoms with Crippen molar-refractivity contribution < 1.29 is 24.2 Å². The Morgan fingerprint density at radius 2 is 1.94 bits per heavy atom. The molecule has 0 aliphatic rings. The van der Waals surface area contributed by atoms with Crippen LogP contribution in [0.15, 0.2) is 12.1 Å². The van der Waals surface area contributed by atoms with Gasteiger partial charge in [0.05, 0.1) is 6.61 Å². The van der Waals surface area contributed by atoms with E-state index in [0.717, 1.165) is 5.56 Å². The second-order valence-electron chi connectivity index (χ2n) is 3.99. The summed E-state index contributed by atoms with van der Waals surface area (Å²) in [7, 11) is 0. The number of ether oxygens (including phenoxy) is 2. The van der Waals surface area contributed by atoms with Crippen molar-refractivity contribution >= 4 is 11.8 Å². The highest BCUT2D eigenvalue weighted by atomic mass is 16.6. The maximum absolute atomic E-state index is 11.0. The van der Waals surface area contributed by atoms with E-state index >= 15 is 0 Å². The number of hydrogen-bond donors (Lipinski definition) is 1. The first-order valence-corrected chi connectivity index (χ1v) is 5.49. The number of rotatable bonds is 5. The molecule has 18 heavy (non-hydrogen) atoms. The number of carbonyl (C=O) groups excluding carboxylic acids is 2. The minimum atomic E-state index is -0.513. The van der Waals surface area contributed by atoms with Crippen molar-refractivity contribution in [3.8, 4) is 11.5 Å². The number of benzene rings is 1. The van der Waals surface area contributed by atoms with Crippen molar-refractivity contribution in [1.82, 2.24) is 0 Å². The molecule has 0 aliphatic carbocycles. The van der Waals surface area contributed by atoms with E-state index in [1.807, 2.05) is 6.92 Å². The zero-order chi connectivity index (χ0) is 13.7. The lowest BCUT2D eigenvalue weighted by Gasteiger charge is -2.14. The summed E-state index contributed by atoms with van der Waals surface area (Å²) in [6.07, 6.45) is 0. The van der Waals surface area contributed by atoms with Crippen LogP contribution in [0.4, 0.5) is 0 Å². The molecule has 0 unspecified atom stereocenters. The van der Waals surface area contributed by atoms with Crippen molar-refractivity contribution in [2.24, 2.45) is 0 Å². The van der Waals surface area contributed by atoms with E-state index in [4.69, 9.17) is 9.47 Å². The highest BCUT2D eigenvalue weighted by molar-refractivity contribution is 5.77. The molecular formula is C13H16O5. The molecule has 1 N–H and O–H groups in total. The Bertz CT molecular complexity index is 465. The van der Waals surface area contributed by atoms with Gasteiger partial charge in [0, 0.05) is 12.5 Å². The fourth-order valence-electron chi connectivity index (χ4n) is 1.48. The topological polar surface area (TPSA) is 72.8 Å². The third-order valence-corrected chi connectivity index (χ3v) is 2.12. The van der Waals surface area contributed by atoms with Crippen LogP contribution in [0.1, 0.15) is 25.0 Å². The summed E-state index contributed by atoms with van der Waals surface area (Å²) in [5.74, 6) is -0.210. The average molecular weight is 252 g/mol. The van der Waals surface area contributed by atoms with E-state index in [-0.39, 0.29) is 30.5 Å². The number of Topliss-reactive ketones (excluding diaryl/α,β-unsaturated/α-hetero) is 1. The Kier molecular flexibility index (Phi) is 4.85. The van der Waals surface area contributed by atoms with Gasteiger partial charge in [-0.2, -0.15) is 0 Å². The summed E-state index contributed by atoms with van der Waals surface area (Å²) in [6, 6.07) is 3.35. The van der Waals surface area contributed by atoms with Gasteiger partial charge >= 0.3 is 5.97 Å². The molecule has 1 aromatic carbocycles. The molecule has 0 spiro atoms. The first-order valence-electron chi connectivity index (χ1n) is 5.49. The van der Waals surface area contributed by atoms with Crippen LogP contribution in [0.2, 0.25) is 0 Å². The number of aryl methyl sites for hydroxylation is 1. The highest BCUT2D eigenvalue weighted by Crippen LogP contribution is 2.33. The SMILES string of the molecule is CC(=O)COc1cc(C)cc(CO)c1OC(C)=O. The second kappa shape index (κ2) is 6.16. The molecule has 0 amide bonds. The largest absolute Gasteiger partial charge is 0.482 e. The van der Waals surface area contributed by atoms with E-state index in [9.17, 15) is 14.7 Å². The summed E-state index contributed by atoms with van der Waals surface area (Å²) in [5, 5.41) is 9.24. The van der Waals surface area contributed by atoms with Gasteiger partial charge in [0.15, 0.2) is 17.3 Å². The Balaban J connectivity index is 3.14. The summed E-state index contributed by atoms with van der Waals surface area (Å²) in [5.41, 5.74) is 1.29.